The highest BCUT2D eigenvalue weighted by molar-refractivity contribution is 6.31. The molecule has 0 fully saturated rings. The van der Waals surface area contributed by atoms with E-state index in [9.17, 15) is 0 Å². The van der Waals surface area contributed by atoms with E-state index in [0.717, 1.165) is 55.5 Å². The molecule has 0 N–H and O–H groups in total. The molecular weight excluding hydrogens is 667 g/mol. The second-order valence-corrected chi connectivity index (χ2v) is 15.3. The molecule has 0 atom stereocenters. The third-order valence-electron chi connectivity index (χ3n) is 11.8. The molecule has 11 rings (SSSR count). The summed E-state index contributed by atoms with van der Waals surface area (Å²) in [5, 5.41) is 7.00. The van der Waals surface area contributed by atoms with Crippen LogP contribution in [0.4, 0.5) is 17.1 Å². The highest BCUT2D eigenvalue weighted by Crippen LogP contribution is 2.52. The summed E-state index contributed by atoms with van der Waals surface area (Å²) in [6.45, 7) is 4.70. The van der Waals surface area contributed by atoms with Crippen LogP contribution in [0.5, 0.6) is 0 Å². The minimum atomic E-state index is -0.150. The maximum absolute atomic E-state index is 7.26. The molecule has 9 aromatic carbocycles. The second-order valence-electron chi connectivity index (χ2n) is 15.3. The zero-order valence-electron chi connectivity index (χ0n) is 30.8. The maximum Gasteiger partial charge on any atom is 0.159 e. The molecule has 0 amide bonds. The molecule has 1 aliphatic rings. The van der Waals surface area contributed by atoms with Crippen LogP contribution in [-0.2, 0) is 5.41 Å². The Morgan fingerprint density at radius 3 is 1.65 bits per heavy atom. The monoisotopic (exact) mass is 703 g/mol. The number of nitrogens with zero attached hydrogens (tertiary/aromatic N) is 1. The van der Waals surface area contributed by atoms with E-state index in [1.165, 1.54) is 49.5 Å². The van der Waals surface area contributed by atoms with Crippen LogP contribution in [0.15, 0.2) is 192 Å². The van der Waals surface area contributed by atoms with Crippen LogP contribution in [0.1, 0.15) is 25.0 Å². The van der Waals surface area contributed by atoms with Gasteiger partial charge in [-0.1, -0.05) is 166 Å². The Hall–Kier alpha value is -6.90. The maximum atomic E-state index is 7.26. The largest absolute Gasteiger partial charge is 0.453 e. The van der Waals surface area contributed by atoms with Gasteiger partial charge in [0.2, 0.25) is 0 Å². The van der Waals surface area contributed by atoms with Crippen molar-refractivity contribution in [2.75, 3.05) is 4.90 Å². The van der Waals surface area contributed by atoms with Gasteiger partial charge in [-0.3, -0.25) is 0 Å². The highest BCUT2D eigenvalue weighted by atomic mass is 16.3. The van der Waals surface area contributed by atoms with E-state index in [0.29, 0.717) is 0 Å². The Balaban J connectivity index is 1.24. The van der Waals surface area contributed by atoms with E-state index >= 15 is 0 Å². The fourth-order valence-electron chi connectivity index (χ4n) is 9.15. The van der Waals surface area contributed by atoms with Gasteiger partial charge in [-0.25, -0.2) is 0 Å². The first-order valence-electron chi connectivity index (χ1n) is 19.1. The molecule has 1 heterocycles. The van der Waals surface area contributed by atoms with Gasteiger partial charge in [-0.2, -0.15) is 0 Å². The van der Waals surface area contributed by atoms with Crippen molar-refractivity contribution in [2.24, 2.45) is 0 Å². The summed E-state index contributed by atoms with van der Waals surface area (Å²) in [5.41, 5.74) is 14.8. The zero-order chi connectivity index (χ0) is 36.7. The van der Waals surface area contributed by atoms with Crippen molar-refractivity contribution in [3.05, 3.63) is 199 Å². The minimum Gasteiger partial charge on any atom is -0.453 e. The van der Waals surface area contributed by atoms with Gasteiger partial charge in [0.05, 0.1) is 5.69 Å². The molecule has 0 bridgehead atoms. The first-order chi connectivity index (χ1) is 27.0. The molecule has 0 saturated heterocycles. The predicted octanol–water partition coefficient (Wildman–Crippen LogP) is 15.0. The van der Waals surface area contributed by atoms with Gasteiger partial charge in [0.15, 0.2) is 5.58 Å². The van der Waals surface area contributed by atoms with E-state index in [1.807, 2.05) is 0 Å². The van der Waals surface area contributed by atoms with Crippen LogP contribution in [-0.4, -0.2) is 0 Å². The Labute approximate surface area is 320 Å². The van der Waals surface area contributed by atoms with Gasteiger partial charge in [0.25, 0.3) is 0 Å². The zero-order valence-corrected chi connectivity index (χ0v) is 30.8. The smallest absolute Gasteiger partial charge is 0.159 e. The fourth-order valence-corrected chi connectivity index (χ4v) is 9.15. The van der Waals surface area contributed by atoms with Gasteiger partial charge >= 0.3 is 0 Å². The van der Waals surface area contributed by atoms with E-state index in [4.69, 9.17) is 4.42 Å². The molecule has 0 aliphatic heterocycles. The Kier molecular flexibility index (Phi) is 6.93. The highest BCUT2D eigenvalue weighted by Gasteiger charge is 2.36. The summed E-state index contributed by atoms with van der Waals surface area (Å²) in [6, 6.07) is 68.3. The van der Waals surface area contributed by atoms with Crippen LogP contribution < -0.4 is 4.90 Å². The van der Waals surface area contributed by atoms with Crippen molar-refractivity contribution in [3.8, 4) is 33.4 Å². The fraction of sp³-hybridized carbons (Fsp3) is 0.0566. The topological polar surface area (TPSA) is 16.4 Å². The van der Waals surface area contributed by atoms with Gasteiger partial charge in [0, 0.05) is 32.9 Å². The van der Waals surface area contributed by atoms with Gasteiger partial charge < -0.3 is 9.32 Å². The Bertz CT molecular complexity index is 3100. The first kappa shape index (κ1) is 31.6. The normalized spacial score (nSPS) is 13.1. The average molecular weight is 704 g/mol. The number of fused-ring (bicyclic) bond motifs is 11. The summed E-state index contributed by atoms with van der Waals surface area (Å²) in [4.78, 5) is 2.41. The summed E-state index contributed by atoms with van der Waals surface area (Å²) in [6.07, 6.45) is 0. The standard InChI is InChI=1S/C53H37NO/c1-53(2)47-24-14-13-21-42(47)43-30-29-39(33-48(43)53)54(38-27-25-36(26-28-38)34-15-5-3-6-16-34)49-32-37(35-17-7-4-8-18-35)31-46-50-44-22-11-9-19-40(44)41-20-10-12-23-45(41)52(50)55-51(46)49/h3-33H,1-2H3. The van der Waals surface area contributed by atoms with Crippen LogP contribution in [0, 0.1) is 0 Å². The molecule has 1 aromatic heterocycles. The lowest BCUT2D eigenvalue weighted by atomic mass is 9.82. The van der Waals surface area contributed by atoms with Gasteiger partial charge in [-0.05, 0) is 97.1 Å². The molecule has 1 aliphatic carbocycles. The number of rotatable bonds is 5. The molecule has 0 radical (unpaired) electrons. The van der Waals surface area contributed by atoms with Gasteiger partial charge in [-0.15, -0.1) is 0 Å². The van der Waals surface area contributed by atoms with Crippen LogP contribution in [0.2, 0.25) is 0 Å². The molecule has 10 aromatic rings. The third kappa shape index (κ3) is 4.81. The number of benzene rings is 9. The lowest BCUT2D eigenvalue weighted by Crippen LogP contribution is -2.16. The second kappa shape index (κ2) is 12.1. The predicted molar refractivity (Wildman–Crippen MR) is 232 cm³/mol. The van der Waals surface area contributed by atoms with Crippen molar-refractivity contribution < 1.29 is 4.42 Å². The molecular formula is C53H37NO. The van der Waals surface area contributed by atoms with Crippen LogP contribution in [0.25, 0.3) is 76.9 Å². The summed E-state index contributed by atoms with van der Waals surface area (Å²) in [7, 11) is 0. The molecule has 0 spiro atoms. The minimum absolute atomic E-state index is 0.150. The van der Waals surface area contributed by atoms with Crippen molar-refractivity contribution in [1.82, 2.24) is 0 Å². The van der Waals surface area contributed by atoms with Crippen molar-refractivity contribution in [1.29, 1.82) is 0 Å². The lowest BCUT2D eigenvalue weighted by Gasteiger charge is -2.28. The van der Waals surface area contributed by atoms with Crippen LogP contribution >= 0.6 is 0 Å². The first-order valence-corrected chi connectivity index (χ1v) is 19.1. The Morgan fingerprint density at radius 2 is 0.927 bits per heavy atom. The number of anilines is 3. The quantitative estimate of drug-likeness (QED) is 0.166. The van der Waals surface area contributed by atoms with E-state index in [1.54, 1.807) is 0 Å². The molecule has 0 unspecified atom stereocenters. The molecule has 2 nitrogen and oxygen atoms in total. The number of hydrogen-bond acceptors (Lipinski definition) is 2. The third-order valence-corrected chi connectivity index (χ3v) is 11.8. The molecule has 55 heavy (non-hydrogen) atoms. The summed E-state index contributed by atoms with van der Waals surface area (Å²) < 4.78 is 7.26. The van der Waals surface area contributed by atoms with E-state index < -0.39 is 0 Å². The SMILES string of the molecule is CC1(C)c2ccccc2-c2ccc(N(c3ccc(-c4ccccc4)cc3)c3cc(-c4ccccc4)cc4c3oc3c5ccccc5c5ccccc5c43)cc21. The van der Waals surface area contributed by atoms with Crippen molar-refractivity contribution in [2.45, 2.75) is 19.3 Å². The average Bonchev–Trinajstić information content (AvgIpc) is 3.75. The van der Waals surface area contributed by atoms with E-state index in [-0.39, 0.29) is 5.41 Å². The van der Waals surface area contributed by atoms with E-state index in [2.05, 4.69) is 207 Å². The Morgan fingerprint density at radius 1 is 0.382 bits per heavy atom. The molecule has 0 saturated carbocycles. The number of hydrogen-bond donors (Lipinski definition) is 0. The lowest BCUT2D eigenvalue weighted by molar-refractivity contribution is 0.660. The molecule has 2 heteroatoms. The van der Waals surface area contributed by atoms with Crippen LogP contribution in [0.3, 0.4) is 0 Å². The summed E-state index contributed by atoms with van der Waals surface area (Å²) >= 11 is 0. The number of furan rings is 1. The van der Waals surface area contributed by atoms with Crippen molar-refractivity contribution in [3.63, 3.8) is 0 Å². The summed E-state index contributed by atoms with van der Waals surface area (Å²) in [5.74, 6) is 0. The van der Waals surface area contributed by atoms with Crippen molar-refractivity contribution >= 4 is 60.5 Å². The molecule has 260 valence electrons. The van der Waals surface area contributed by atoms with Gasteiger partial charge in [0.1, 0.15) is 5.58 Å².